The number of rotatable bonds is 3. The van der Waals surface area contributed by atoms with Gasteiger partial charge in [-0.05, 0) is 0 Å². The topological polar surface area (TPSA) is 118 Å². The van der Waals surface area contributed by atoms with Crippen LogP contribution in [-0.2, 0) is 23.7 Å². The Morgan fingerprint density at radius 2 is 1.15 bits per heavy atom. The highest BCUT2D eigenvalue weighted by atomic mass is 16.7. The Labute approximate surface area is 114 Å². The number of carboxylic acid groups (broad SMARTS) is 1. The summed E-state index contributed by atoms with van der Waals surface area (Å²) < 4.78 is 23.2. The van der Waals surface area contributed by atoms with Crippen molar-refractivity contribution in [3.63, 3.8) is 0 Å². The van der Waals surface area contributed by atoms with Crippen molar-refractivity contribution in [2.75, 3.05) is 14.2 Å². The number of hydrogen-bond acceptors (Lipinski definition) is 8. The molecule has 1 fully saturated rings. The lowest BCUT2D eigenvalue weighted by atomic mass is 9.92. The SMILES string of the molecule is COC(=O)OC1CC(OC(=O)O)CC(OC(=O)OC)C1. The Kier molecular flexibility index (Phi) is 5.88. The van der Waals surface area contributed by atoms with E-state index in [0.29, 0.717) is 0 Å². The van der Waals surface area contributed by atoms with Crippen LogP contribution in [0.25, 0.3) is 0 Å². The van der Waals surface area contributed by atoms with Crippen molar-refractivity contribution >= 4 is 18.5 Å². The molecule has 1 rings (SSSR count). The van der Waals surface area contributed by atoms with Crippen LogP contribution in [0.1, 0.15) is 19.3 Å². The second kappa shape index (κ2) is 7.41. The monoisotopic (exact) mass is 292 g/mol. The molecule has 1 saturated carbocycles. The first-order valence-electron chi connectivity index (χ1n) is 5.83. The summed E-state index contributed by atoms with van der Waals surface area (Å²) >= 11 is 0. The van der Waals surface area contributed by atoms with Crippen LogP contribution in [0.15, 0.2) is 0 Å². The van der Waals surface area contributed by atoms with E-state index in [9.17, 15) is 14.4 Å². The number of hydrogen-bond donors (Lipinski definition) is 1. The van der Waals surface area contributed by atoms with E-state index < -0.39 is 36.8 Å². The summed E-state index contributed by atoms with van der Waals surface area (Å²) in [4.78, 5) is 32.7. The van der Waals surface area contributed by atoms with E-state index in [-0.39, 0.29) is 19.3 Å². The minimum absolute atomic E-state index is 0.169. The third-order valence-electron chi connectivity index (χ3n) is 2.70. The summed E-state index contributed by atoms with van der Waals surface area (Å²) in [6.07, 6.45) is -4.79. The van der Waals surface area contributed by atoms with E-state index in [0.717, 1.165) is 14.2 Å². The zero-order chi connectivity index (χ0) is 15.1. The fourth-order valence-electron chi connectivity index (χ4n) is 1.97. The molecule has 9 nitrogen and oxygen atoms in total. The molecule has 20 heavy (non-hydrogen) atoms. The van der Waals surface area contributed by atoms with E-state index in [1.165, 1.54) is 0 Å². The van der Waals surface area contributed by atoms with Crippen LogP contribution in [0, 0.1) is 0 Å². The Morgan fingerprint density at radius 1 is 0.800 bits per heavy atom. The Bertz CT molecular complexity index is 341. The fourth-order valence-corrected chi connectivity index (χ4v) is 1.97. The lowest BCUT2D eigenvalue weighted by Gasteiger charge is -2.32. The first-order valence-corrected chi connectivity index (χ1v) is 5.83. The molecule has 2 atom stereocenters. The molecule has 0 aliphatic heterocycles. The molecule has 0 saturated heterocycles. The van der Waals surface area contributed by atoms with Crippen molar-refractivity contribution in [1.29, 1.82) is 0 Å². The third kappa shape index (κ3) is 5.21. The van der Waals surface area contributed by atoms with Crippen LogP contribution in [0.2, 0.25) is 0 Å². The maximum absolute atomic E-state index is 11.1. The number of carbonyl (C=O) groups excluding carboxylic acids is 2. The largest absolute Gasteiger partial charge is 0.508 e. The zero-order valence-corrected chi connectivity index (χ0v) is 11.1. The Hall–Kier alpha value is -2.19. The molecule has 0 radical (unpaired) electrons. The summed E-state index contributed by atoms with van der Waals surface area (Å²) in [5.74, 6) is 0. The van der Waals surface area contributed by atoms with Gasteiger partial charge in [0.05, 0.1) is 14.2 Å². The van der Waals surface area contributed by atoms with Crippen LogP contribution in [0.4, 0.5) is 14.4 Å². The molecule has 0 aromatic carbocycles. The van der Waals surface area contributed by atoms with Crippen molar-refractivity contribution in [2.24, 2.45) is 0 Å². The first kappa shape index (κ1) is 15.9. The van der Waals surface area contributed by atoms with E-state index in [1.54, 1.807) is 0 Å². The average Bonchev–Trinajstić information content (AvgIpc) is 2.37. The maximum Gasteiger partial charge on any atom is 0.508 e. The number of methoxy groups -OCH3 is 2. The molecule has 0 spiro atoms. The number of ether oxygens (including phenoxy) is 5. The van der Waals surface area contributed by atoms with E-state index in [1.807, 2.05) is 0 Å². The molecule has 0 amide bonds. The van der Waals surface area contributed by atoms with Gasteiger partial charge in [-0.15, -0.1) is 0 Å². The molecular weight excluding hydrogens is 276 g/mol. The summed E-state index contributed by atoms with van der Waals surface area (Å²) in [5, 5.41) is 8.61. The highest BCUT2D eigenvalue weighted by Crippen LogP contribution is 2.27. The lowest BCUT2D eigenvalue weighted by Crippen LogP contribution is -2.39. The second-order valence-electron chi connectivity index (χ2n) is 4.10. The molecule has 2 unspecified atom stereocenters. The summed E-state index contributed by atoms with van der Waals surface area (Å²) in [6.45, 7) is 0. The van der Waals surface area contributed by atoms with Gasteiger partial charge in [0.2, 0.25) is 0 Å². The van der Waals surface area contributed by atoms with Gasteiger partial charge in [0.15, 0.2) is 0 Å². The molecule has 114 valence electrons. The molecule has 0 bridgehead atoms. The minimum atomic E-state index is -1.45. The highest BCUT2D eigenvalue weighted by molar-refractivity contribution is 5.60. The van der Waals surface area contributed by atoms with E-state index >= 15 is 0 Å². The predicted molar refractivity (Wildman–Crippen MR) is 61.3 cm³/mol. The van der Waals surface area contributed by atoms with Crippen molar-refractivity contribution in [2.45, 2.75) is 37.6 Å². The minimum Gasteiger partial charge on any atom is -0.450 e. The first-order chi connectivity index (χ1) is 9.44. The van der Waals surface area contributed by atoms with Gasteiger partial charge in [0.1, 0.15) is 18.3 Å². The number of carbonyl (C=O) groups is 3. The lowest BCUT2D eigenvalue weighted by molar-refractivity contribution is -0.0697. The molecule has 9 heteroatoms. The van der Waals surface area contributed by atoms with Gasteiger partial charge in [0.25, 0.3) is 0 Å². The predicted octanol–water partition coefficient (Wildman–Crippen LogP) is 1.54. The quantitative estimate of drug-likeness (QED) is 0.610. The van der Waals surface area contributed by atoms with Gasteiger partial charge in [-0.1, -0.05) is 0 Å². The van der Waals surface area contributed by atoms with Crippen LogP contribution in [0.5, 0.6) is 0 Å². The van der Waals surface area contributed by atoms with Crippen molar-refractivity contribution < 1.29 is 43.2 Å². The normalized spacial score (nSPS) is 25.2. The van der Waals surface area contributed by atoms with Gasteiger partial charge >= 0.3 is 18.5 Å². The average molecular weight is 292 g/mol. The van der Waals surface area contributed by atoms with Crippen LogP contribution in [0.3, 0.4) is 0 Å². The molecular formula is C11H16O9. The summed E-state index contributed by atoms with van der Waals surface area (Å²) in [7, 11) is 2.30. The van der Waals surface area contributed by atoms with Crippen LogP contribution in [-0.4, -0.2) is 56.1 Å². The van der Waals surface area contributed by atoms with E-state index in [2.05, 4.69) is 14.2 Å². The molecule has 0 aromatic rings. The highest BCUT2D eigenvalue weighted by Gasteiger charge is 2.35. The molecule has 1 N–H and O–H groups in total. The van der Waals surface area contributed by atoms with E-state index in [4.69, 9.17) is 14.6 Å². The molecule has 1 aliphatic rings. The summed E-state index contributed by atoms with van der Waals surface area (Å²) in [6, 6.07) is 0. The van der Waals surface area contributed by atoms with Crippen LogP contribution >= 0.6 is 0 Å². The molecule has 0 aromatic heterocycles. The van der Waals surface area contributed by atoms with Crippen molar-refractivity contribution in [1.82, 2.24) is 0 Å². The van der Waals surface area contributed by atoms with Gasteiger partial charge in [-0.25, -0.2) is 14.4 Å². The van der Waals surface area contributed by atoms with Gasteiger partial charge < -0.3 is 28.8 Å². The second-order valence-corrected chi connectivity index (χ2v) is 4.10. The zero-order valence-electron chi connectivity index (χ0n) is 11.1. The van der Waals surface area contributed by atoms with Gasteiger partial charge in [-0.2, -0.15) is 0 Å². The Balaban J connectivity index is 2.63. The summed E-state index contributed by atoms with van der Waals surface area (Å²) in [5.41, 5.74) is 0. The van der Waals surface area contributed by atoms with Crippen molar-refractivity contribution in [3.05, 3.63) is 0 Å². The standard InChI is InChI=1S/C11H16O9/c1-16-10(14)19-7-3-6(18-9(12)13)4-8(5-7)20-11(15)17-2/h6-8H,3-5H2,1-2H3,(H,12,13). The smallest absolute Gasteiger partial charge is 0.450 e. The maximum atomic E-state index is 11.1. The van der Waals surface area contributed by atoms with Crippen LogP contribution < -0.4 is 0 Å². The van der Waals surface area contributed by atoms with Crippen molar-refractivity contribution in [3.8, 4) is 0 Å². The third-order valence-corrected chi connectivity index (χ3v) is 2.70. The molecule has 1 aliphatic carbocycles. The Morgan fingerprint density at radius 3 is 1.45 bits per heavy atom. The van der Waals surface area contributed by atoms with Gasteiger partial charge in [-0.3, -0.25) is 0 Å². The van der Waals surface area contributed by atoms with Gasteiger partial charge in [0, 0.05) is 19.3 Å². The molecule has 0 heterocycles. The fraction of sp³-hybridized carbons (Fsp3) is 0.727.